The van der Waals surface area contributed by atoms with Gasteiger partial charge in [0.2, 0.25) is 17.5 Å². The molecule has 6 aliphatic carbocycles. The summed E-state index contributed by atoms with van der Waals surface area (Å²) in [6.07, 6.45) is 1.58. The monoisotopic (exact) mass is 1460 g/mol. The van der Waals surface area contributed by atoms with E-state index in [1.807, 2.05) is 15.9 Å². The predicted molar refractivity (Wildman–Crippen MR) is 371 cm³/mol. The standard InChI is InChI=1S/C29H38N4O9.C27H33N3O8.C16H18N2O5S/c1-28(41)15-5-4-6-18(35)19(15)23(36)20-16(28)13-17-22(31(2)3)24(37)21(26(39)29(17,42)25(20)38)27(40)30-14-33-9-7-32(8-10-33)11-12-34;1-26(37)13-7-6-8-16(31)17(13)21(32)18-14(26)11-15-20(29(2)3)22(33)19(24(35)27(15,38)23(18)34)25(36)28-12-30-9-4-5-10-30;1-16(2)12(15(21)22)18-13(20)11(14(18)24-16)17-10(19)8-23-9-6-4-3-5-7-9/h4-6,16-17,22,34-36,39,41-42H,7-14H2,1-3H3,(H,30,40);6-8,14-15,20,31-32,35,37-38H,4-5,9-12H2,1-3H3,(H,28,36);3-7,11-12,14H,8H2,1-2H3,(H,17,19)(H,21,22)/t16?,17-,22-,28+,29-;14-,15-,20-,26+,27-;11-,12+,14-/m001/s1. The Balaban J connectivity index is 0.000000162. The lowest BCUT2D eigenvalue weighted by Crippen LogP contribution is -2.70. The summed E-state index contributed by atoms with van der Waals surface area (Å²) in [6, 6.07) is 13.5. The Bertz CT molecular complexity index is 4160. The van der Waals surface area contributed by atoms with Crippen LogP contribution >= 0.6 is 11.8 Å². The van der Waals surface area contributed by atoms with E-state index in [-0.39, 0.29) is 90.0 Å². The second kappa shape index (κ2) is 28.6. The van der Waals surface area contributed by atoms with Crippen LogP contribution in [0.3, 0.4) is 0 Å². The van der Waals surface area contributed by atoms with Crippen molar-refractivity contribution in [2.75, 3.05) is 101 Å². The van der Waals surface area contributed by atoms with Crippen molar-refractivity contribution in [2.45, 2.75) is 110 Å². The first kappa shape index (κ1) is 76.3. The quantitative estimate of drug-likeness (QED) is 0.0694. The molecule has 4 amide bonds. The summed E-state index contributed by atoms with van der Waals surface area (Å²) >= 11 is 1.39. The first-order valence-electron chi connectivity index (χ1n) is 34.2. The van der Waals surface area contributed by atoms with Gasteiger partial charge in [-0.15, -0.1) is 11.8 Å². The number of fused-ring (bicyclic) bond motifs is 7. The molecule has 3 aromatic carbocycles. The molecule has 6 fully saturated rings. The van der Waals surface area contributed by atoms with Gasteiger partial charge in [0.05, 0.1) is 54.4 Å². The van der Waals surface area contributed by atoms with Gasteiger partial charge in [-0.25, -0.2) is 4.79 Å². The van der Waals surface area contributed by atoms with Crippen LogP contribution < -0.4 is 20.7 Å². The molecule has 32 heteroatoms. The molecule has 0 aromatic heterocycles. The Morgan fingerprint density at radius 2 is 1.03 bits per heavy atom. The number of ketones is 4. The highest BCUT2D eigenvalue weighted by Crippen LogP contribution is 2.60. The first-order chi connectivity index (χ1) is 48.9. The summed E-state index contributed by atoms with van der Waals surface area (Å²) < 4.78 is 4.74. The number of aromatic hydroxyl groups is 2. The highest BCUT2D eigenvalue weighted by atomic mass is 32.2. The summed E-state index contributed by atoms with van der Waals surface area (Å²) in [5, 5.41) is 139. The third kappa shape index (κ3) is 12.8. The van der Waals surface area contributed by atoms with Crippen LogP contribution in [0.25, 0.3) is 11.5 Å². The van der Waals surface area contributed by atoms with Crippen LogP contribution in [0, 0.1) is 23.7 Å². The zero-order chi connectivity index (χ0) is 75.9. The summed E-state index contributed by atoms with van der Waals surface area (Å²) in [7, 11) is 6.22. The number of likely N-dealkylation sites (tertiary alicyclic amines) is 1. The van der Waals surface area contributed by atoms with E-state index in [9.17, 15) is 99.3 Å². The highest BCUT2D eigenvalue weighted by Gasteiger charge is 2.69. The lowest BCUT2D eigenvalue weighted by molar-refractivity contribution is -0.161. The summed E-state index contributed by atoms with van der Waals surface area (Å²) in [4.78, 5) is 128. The number of aliphatic carboxylic acids is 1. The second-order valence-electron chi connectivity index (χ2n) is 29.3. The Labute approximate surface area is 602 Å². The van der Waals surface area contributed by atoms with Crippen molar-refractivity contribution in [3.8, 4) is 17.2 Å². The average molecular weight is 1460 g/mol. The molecular formula is C72H89N9O22S. The van der Waals surface area contributed by atoms with E-state index in [2.05, 4.69) is 20.9 Å². The third-order valence-corrected chi connectivity index (χ3v) is 23.7. The fraction of sp³-hybridized carbons (Fsp3) is 0.514. The number of thioether (sulfide) groups is 1. The van der Waals surface area contributed by atoms with E-state index in [0.717, 1.165) is 25.9 Å². The molecule has 15 N–H and O–H groups in total. The summed E-state index contributed by atoms with van der Waals surface area (Å²) in [5.41, 5.74) is -11.2. The maximum atomic E-state index is 14.1. The highest BCUT2D eigenvalue weighted by molar-refractivity contribution is 8.01. The number of carbonyl (C=O) groups is 9. The number of likely N-dealkylation sites (N-methyl/N-ethyl adjacent to an activating group) is 2. The van der Waals surface area contributed by atoms with E-state index >= 15 is 0 Å². The number of β-amino-alcohol motifs (C(OH)–C–C–N with tert-alkyl or cyclic N) is 1. The van der Waals surface area contributed by atoms with Crippen LogP contribution in [-0.2, 0) is 54.4 Å². The number of phenols is 2. The van der Waals surface area contributed by atoms with Gasteiger partial charge in [-0.3, -0.25) is 62.9 Å². The number of carboxylic acid groups (broad SMARTS) is 1. The number of hydrogen-bond acceptors (Lipinski definition) is 27. The first-order valence-corrected chi connectivity index (χ1v) is 35.1. The number of piperazine rings is 1. The van der Waals surface area contributed by atoms with Gasteiger partial charge in [-0.1, -0.05) is 42.5 Å². The minimum Gasteiger partial charge on any atom is -0.508 e. The van der Waals surface area contributed by atoms with Gasteiger partial charge < -0.3 is 86.9 Å². The Kier molecular flexibility index (Phi) is 21.0. The molecule has 3 aromatic rings. The van der Waals surface area contributed by atoms with Gasteiger partial charge in [0.15, 0.2) is 29.4 Å². The van der Waals surface area contributed by atoms with E-state index in [0.29, 0.717) is 38.5 Å². The molecule has 31 nitrogen and oxygen atoms in total. The predicted octanol–water partition coefficient (Wildman–Crippen LogP) is -0.162. The average Bonchev–Trinajstić information content (AvgIpc) is 0.943. The van der Waals surface area contributed by atoms with Gasteiger partial charge in [-0.05, 0) is 130 Å². The van der Waals surface area contributed by atoms with Crippen molar-refractivity contribution in [2.24, 2.45) is 23.7 Å². The normalized spacial score (nSPS) is 31.4. The number of nitrogens with one attached hydrogen (secondary N) is 3. The molecule has 0 bridgehead atoms. The van der Waals surface area contributed by atoms with Crippen molar-refractivity contribution < 1.29 is 109 Å². The largest absolute Gasteiger partial charge is 0.508 e. The van der Waals surface area contributed by atoms with E-state index in [1.54, 1.807) is 66.3 Å². The van der Waals surface area contributed by atoms with Crippen molar-refractivity contribution in [3.05, 3.63) is 123 Å². The van der Waals surface area contributed by atoms with Crippen LogP contribution in [0.5, 0.6) is 17.2 Å². The van der Waals surface area contributed by atoms with E-state index < -0.39 is 162 Å². The van der Waals surface area contributed by atoms with Crippen molar-refractivity contribution in [1.82, 2.24) is 45.3 Å². The number of amides is 4. The number of hydrogen-bond donors (Lipinski definition) is 15. The Morgan fingerprint density at radius 3 is 1.45 bits per heavy atom. The van der Waals surface area contributed by atoms with Crippen LogP contribution in [0.2, 0.25) is 0 Å². The molecule has 10 aliphatic rings. The van der Waals surface area contributed by atoms with E-state index in [4.69, 9.17) is 9.84 Å². The zero-order valence-corrected chi connectivity index (χ0v) is 59.5. The van der Waals surface area contributed by atoms with Gasteiger partial charge >= 0.3 is 5.97 Å². The number of nitrogens with zero attached hydrogens (tertiary/aromatic N) is 6. The molecule has 4 heterocycles. The third-order valence-electron chi connectivity index (χ3n) is 22.1. The zero-order valence-electron chi connectivity index (χ0n) is 58.7. The number of phenolic OH excluding ortho intramolecular Hbond substituents is 2. The number of Topliss-reactive ketones (excluding diaryl/α,β-unsaturated/α-hetero) is 4. The van der Waals surface area contributed by atoms with Crippen LogP contribution in [0.4, 0.5) is 0 Å². The number of carbonyl (C=O) groups excluding carboxylic acids is 8. The van der Waals surface area contributed by atoms with Gasteiger partial charge in [-0.2, -0.15) is 0 Å². The van der Waals surface area contributed by atoms with Crippen LogP contribution in [0.1, 0.15) is 75.6 Å². The SMILES string of the molecule is CC1(C)S[C@@H]2[C@H](NC(=O)COc3ccccc3)C(=O)N2[C@H]1C(=O)O.CN(C)[C@@H]1C(=O)C(C(=O)NCN2CCCC2)=C(O)[C@@]2(O)C(=O)C3=C(O)c4c(O)cccc4[C@@](C)(O)[C@H]3C[C@@H]12.CN(C)[C@@H]1C(=O)C(C(=O)NCN2CCN(CCO)CC2)=C(O)[C@@]2(O)C(=O)C3=C(O)c4c(O)cccc4[C@@](C)(O)C3C[C@@H]12. The maximum Gasteiger partial charge on any atom is 0.327 e. The summed E-state index contributed by atoms with van der Waals surface area (Å²) in [5.74, 6) is -15.8. The molecule has 4 aliphatic heterocycles. The molecule has 0 radical (unpaired) electrons. The van der Waals surface area contributed by atoms with Crippen molar-refractivity contribution >= 4 is 76.0 Å². The minimum absolute atomic E-state index is 0.0442. The molecule has 13 atom stereocenters. The smallest absolute Gasteiger partial charge is 0.327 e. The van der Waals surface area contributed by atoms with Crippen LogP contribution in [0.15, 0.2) is 101 Å². The lowest BCUT2D eigenvalue weighted by atomic mass is 9.54. The second-order valence-corrected chi connectivity index (χ2v) is 31.0. The number of carboxylic acids is 1. The number of benzene rings is 3. The van der Waals surface area contributed by atoms with Gasteiger partial charge in [0.1, 0.15) is 68.9 Å². The molecule has 560 valence electrons. The number of aliphatic hydroxyl groups is 9. The topological polar surface area (TPSA) is 461 Å². The van der Waals surface area contributed by atoms with Gasteiger partial charge in [0.25, 0.3) is 17.7 Å². The molecule has 0 spiro atoms. The molecule has 1 unspecified atom stereocenters. The molecule has 4 saturated heterocycles. The number of aliphatic hydroxyl groups excluding tert-OH is 5. The Hall–Kier alpha value is -8.80. The fourth-order valence-electron chi connectivity index (χ4n) is 16.8. The van der Waals surface area contributed by atoms with Gasteiger partial charge in [0, 0.05) is 72.3 Å². The minimum atomic E-state index is -2.76. The lowest BCUT2D eigenvalue weighted by Gasteiger charge is -2.53. The maximum absolute atomic E-state index is 14.1. The number of rotatable bonds is 15. The number of ether oxygens (including phenoxy) is 1. The van der Waals surface area contributed by atoms with Crippen LogP contribution in [-0.4, -0.2) is 289 Å². The molecule has 13 rings (SSSR count). The van der Waals surface area contributed by atoms with Crippen molar-refractivity contribution in [1.29, 1.82) is 0 Å². The fourth-order valence-corrected chi connectivity index (χ4v) is 18.4. The van der Waals surface area contributed by atoms with E-state index in [1.165, 1.54) is 76.7 Å². The molecule has 2 saturated carbocycles. The summed E-state index contributed by atoms with van der Waals surface area (Å²) in [6.45, 7) is 11.1. The Morgan fingerprint density at radius 1 is 0.596 bits per heavy atom. The number of β-lactam (4-membered cyclic amide) rings is 1. The number of para-hydroxylation sites is 1. The molecule has 104 heavy (non-hydrogen) atoms. The van der Waals surface area contributed by atoms with Crippen molar-refractivity contribution in [3.63, 3.8) is 0 Å². The molecular weight excluding hydrogens is 1370 g/mol.